The lowest BCUT2D eigenvalue weighted by Gasteiger charge is -2.39. The lowest BCUT2D eigenvalue weighted by molar-refractivity contribution is -0.126. The number of rotatable bonds is 5. The molecule has 3 heterocycles. The number of carbonyl (C=O) groups is 1. The third kappa shape index (κ3) is 3.93. The highest BCUT2D eigenvalue weighted by molar-refractivity contribution is 5.85. The monoisotopic (exact) mass is 356 g/mol. The van der Waals surface area contributed by atoms with Gasteiger partial charge in [0.05, 0.1) is 11.7 Å². The van der Waals surface area contributed by atoms with Gasteiger partial charge in [0.25, 0.3) is 0 Å². The number of likely N-dealkylation sites (N-methyl/N-ethyl adjacent to an activating group) is 1. The first-order valence-electron chi connectivity index (χ1n) is 9.30. The lowest BCUT2D eigenvalue weighted by Crippen LogP contribution is -2.54. The van der Waals surface area contributed by atoms with Crippen molar-refractivity contribution in [2.24, 2.45) is 5.92 Å². The van der Waals surface area contributed by atoms with Crippen LogP contribution in [-0.4, -0.2) is 64.5 Å². The minimum absolute atomic E-state index is 0.0905. The van der Waals surface area contributed by atoms with E-state index >= 15 is 0 Å². The van der Waals surface area contributed by atoms with Gasteiger partial charge in [-0.05, 0) is 38.9 Å². The van der Waals surface area contributed by atoms with Crippen molar-refractivity contribution < 1.29 is 4.79 Å². The lowest BCUT2D eigenvalue weighted by atomic mass is 9.95. The summed E-state index contributed by atoms with van der Waals surface area (Å²) in [6, 6.07) is 1.98. The van der Waals surface area contributed by atoms with E-state index in [-0.39, 0.29) is 18.0 Å². The van der Waals surface area contributed by atoms with Crippen LogP contribution in [0.3, 0.4) is 0 Å². The smallest absolute Gasteiger partial charge is 0.237 e. The molecule has 1 fully saturated rings. The third-order valence-electron chi connectivity index (χ3n) is 5.24. The zero-order valence-corrected chi connectivity index (χ0v) is 16.0. The standard InChI is InChI=1S/C19H28N6O/c1-5-24(4)14(3)19(26)23-15-10-13(2)11-25(12-15)16-6-7-21-18-17(16)20-8-9-22-18/h6-9,13-15H,5,10-12H2,1-4H3,(H,23,26)/t13-,14+,15+/m0/s1. The molecule has 1 N–H and O–H groups in total. The molecule has 1 amide bonds. The summed E-state index contributed by atoms with van der Waals surface area (Å²) >= 11 is 0. The molecular weight excluding hydrogens is 328 g/mol. The Morgan fingerprint density at radius 2 is 2.04 bits per heavy atom. The van der Waals surface area contributed by atoms with Gasteiger partial charge >= 0.3 is 0 Å². The number of hydrogen-bond donors (Lipinski definition) is 1. The number of hydrogen-bond acceptors (Lipinski definition) is 6. The van der Waals surface area contributed by atoms with Gasteiger partial charge in [0.2, 0.25) is 5.91 Å². The Balaban J connectivity index is 1.77. The summed E-state index contributed by atoms with van der Waals surface area (Å²) in [5.74, 6) is 0.570. The predicted molar refractivity (Wildman–Crippen MR) is 103 cm³/mol. The van der Waals surface area contributed by atoms with E-state index in [1.807, 2.05) is 24.9 Å². The quantitative estimate of drug-likeness (QED) is 0.879. The van der Waals surface area contributed by atoms with E-state index in [1.54, 1.807) is 18.6 Å². The molecular formula is C19H28N6O. The van der Waals surface area contributed by atoms with Gasteiger partial charge in [-0.25, -0.2) is 15.0 Å². The number of pyridine rings is 1. The van der Waals surface area contributed by atoms with E-state index in [0.717, 1.165) is 37.3 Å². The Morgan fingerprint density at radius 1 is 1.31 bits per heavy atom. The Labute approximate surface area is 154 Å². The van der Waals surface area contributed by atoms with E-state index in [1.165, 1.54) is 0 Å². The van der Waals surface area contributed by atoms with E-state index in [2.05, 4.69) is 39.0 Å². The van der Waals surface area contributed by atoms with Crippen molar-refractivity contribution in [3.8, 4) is 0 Å². The van der Waals surface area contributed by atoms with E-state index in [4.69, 9.17) is 0 Å². The summed E-state index contributed by atoms with van der Waals surface area (Å²) in [7, 11) is 1.97. The number of nitrogens with one attached hydrogen (secondary N) is 1. The highest BCUT2D eigenvalue weighted by Crippen LogP contribution is 2.27. The number of anilines is 1. The molecule has 1 aliphatic rings. The van der Waals surface area contributed by atoms with Gasteiger partial charge in [0, 0.05) is 37.7 Å². The van der Waals surface area contributed by atoms with Gasteiger partial charge < -0.3 is 10.2 Å². The normalized spacial score (nSPS) is 21.8. The molecule has 140 valence electrons. The molecule has 0 aromatic carbocycles. The molecule has 2 aromatic heterocycles. The molecule has 0 unspecified atom stereocenters. The molecule has 26 heavy (non-hydrogen) atoms. The largest absolute Gasteiger partial charge is 0.367 e. The van der Waals surface area contributed by atoms with Crippen LogP contribution < -0.4 is 10.2 Å². The predicted octanol–water partition coefficient (Wildman–Crippen LogP) is 1.70. The van der Waals surface area contributed by atoms with Crippen molar-refractivity contribution >= 4 is 22.8 Å². The van der Waals surface area contributed by atoms with Crippen LogP contribution in [0, 0.1) is 5.92 Å². The minimum atomic E-state index is -0.127. The SMILES string of the molecule is CCN(C)[C@H](C)C(=O)N[C@@H]1C[C@H](C)CN(c2ccnc3nccnc23)C1. The van der Waals surface area contributed by atoms with Gasteiger partial charge in [0.15, 0.2) is 5.65 Å². The molecule has 2 aromatic rings. The molecule has 0 spiro atoms. The molecule has 1 aliphatic heterocycles. The van der Waals surface area contributed by atoms with E-state index in [0.29, 0.717) is 11.6 Å². The fourth-order valence-electron chi connectivity index (χ4n) is 3.57. The van der Waals surface area contributed by atoms with Crippen LogP contribution in [0.25, 0.3) is 11.2 Å². The second-order valence-corrected chi connectivity index (χ2v) is 7.26. The second-order valence-electron chi connectivity index (χ2n) is 7.26. The average Bonchev–Trinajstić information content (AvgIpc) is 2.65. The fraction of sp³-hybridized carbons (Fsp3) is 0.579. The highest BCUT2D eigenvalue weighted by Gasteiger charge is 2.29. The molecule has 3 atom stereocenters. The van der Waals surface area contributed by atoms with E-state index < -0.39 is 0 Å². The van der Waals surface area contributed by atoms with Crippen molar-refractivity contribution in [1.29, 1.82) is 0 Å². The number of fused-ring (bicyclic) bond motifs is 1. The molecule has 7 nitrogen and oxygen atoms in total. The summed E-state index contributed by atoms with van der Waals surface area (Å²) in [5, 5.41) is 3.24. The van der Waals surface area contributed by atoms with E-state index in [9.17, 15) is 4.79 Å². The number of nitrogens with zero attached hydrogens (tertiary/aromatic N) is 5. The van der Waals surface area contributed by atoms with Crippen LogP contribution in [0.1, 0.15) is 27.2 Å². The van der Waals surface area contributed by atoms with Gasteiger partial charge in [0.1, 0.15) is 5.52 Å². The van der Waals surface area contributed by atoms with Crippen molar-refractivity contribution in [2.45, 2.75) is 39.3 Å². The Morgan fingerprint density at radius 3 is 2.81 bits per heavy atom. The molecule has 3 rings (SSSR count). The van der Waals surface area contributed by atoms with Gasteiger partial charge in [-0.1, -0.05) is 13.8 Å². The van der Waals surface area contributed by atoms with Crippen LogP contribution >= 0.6 is 0 Å². The van der Waals surface area contributed by atoms with Crippen molar-refractivity contribution in [3.63, 3.8) is 0 Å². The summed E-state index contributed by atoms with van der Waals surface area (Å²) in [6.45, 7) is 8.80. The molecule has 0 saturated carbocycles. The van der Waals surface area contributed by atoms with Crippen molar-refractivity contribution in [3.05, 3.63) is 24.7 Å². The molecule has 0 radical (unpaired) electrons. The summed E-state index contributed by atoms with van der Waals surface area (Å²) in [5.41, 5.74) is 2.50. The number of amides is 1. The third-order valence-corrected chi connectivity index (χ3v) is 5.24. The topological polar surface area (TPSA) is 74.2 Å². The van der Waals surface area contributed by atoms with Gasteiger partial charge in [-0.2, -0.15) is 0 Å². The fourth-order valence-corrected chi connectivity index (χ4v) is 3.57. The minimum Gasteiger partial charge on any atom is -0.367 e. The van der Waals surface area contributed by atoms with Crippen LogP contribution in [-0.2, 0) is 4.79 Å². The first-order chi connectivity index (χ1) is 12.5. The Hall–Kier alpha value is -2.28. The van der Waals surface area contributed by atoms with Gasteiger partial charge in [-0.3, -0.25) is 9.69 Å². The highest BCUT2D eigenvalue weighted by atomic mass is 16.2. The number of piperidine rings is 1. The number of aromatic nitrogens is 3. The van der Waals surface area contributed by atoms with Crippen LogP contribution in [0.4, 0.5) is 5.69 Å². The van der Waals surface area contributed by atoms with Crippen LogP contribution in [0.5, 0.6) is 0 Å². The van der Waals surface area contributed by atoms with Crippen LogP contribution in [0.2, 0.25) is 0 Å². The summed E-state index contributed by atoms with van der Waals surface area (Å²) in [6.07, 6.45) is 6.12. The maximum absolute atomic E-state index is 12.6. The Kier molecular flexibility index (Phi) is 5.66. The maximum Gasteiger partial charge on any atom is 0.237 e. The first-order valence-corrected chi connectivity index (χ1v) is 9.30. The van der Waals surface area contributed by atoms with Crippen molar-refractivity contribution in [2.75, 3.05) is 31.6 Å². The number of carbonyl (C=O) groups excluding carboxylic acids is 1. The molecule has 7 heteroatoms. The first kappa shape index (κ1) is 18.5. The van der Waals surface area contributed by atoms with Crippen LogP contribution in [0.15, 0.2) is 24.7 Å². The Bertz CT molecular complexity index is 761. The zero-order chi connectivity index (χ0) is 18.7. The molecule has 1 saturated heterocycles. The zero-order valence-electron chi connectivity index (χ0n) is 16.0. The summed E-state index contributed by atoms with van der Waals surface area (Å²) < 4.78 is 0. The second kappa shape index (κ2) is 7.95. The molecule has 0 aliphatic carbocycles. The maximum atomic E-state index is 12.6. The summed E-state index contributed by atoms with van der Waals surface area (Å²) in [4.78, 5) is 30.0. The van der Waals surface area contributed by atoms with Gasteiger partial charge in [-0.15, -0.1) is 0 Å². The molecule has 0 bridgehead atoms. The van der Waals surface area contributed by atoms with Crippen molar-refractivity contribution in [1.82, 2.24) is 25.2 Å². The average molecular weight is 356 g/mol.